The highest BCUT2D eigenvalue weighted by Gasteiger charge is 2.33. The van der Waals surface area contributed by atoms with Crippen molar-refractivity contribution in [3.05, 3.63) is 42.1 Å². The average Bonchev–Trinajstić information content (AvgIpc) is 2.74. The van der Waals surface area contributed by atoms with Gasteiger partial charge in [0.1, 0.15) is 8.88 Å². The van der Waals surface area contributed by atoms with Crippen LogP contribution in [0.15, 0.2) is 36.5 Å². The van der Waals surface area contributed by atoms with Gasteiger partial charge in [-0.3, -0.25) is 0 Å². The summed E-state index contributed by atoms with van der Waals surface area (Å²) in [6.07, 6.45) is 3.46. The molecule has 0 N–H and O–H groups in total. The van der Waals surface area contributed by atoms with Crippen LogP contribution in [0.3, 0.4) is 0 Å². The van der Waals surface area contributed by atoms with E-state index in [9.17, 15) is 16.8 Å². The number of rotatable bonds is 3. The molecule has 19 heavy (non-hydrogen) atoms. The van der Waals surface area contributed by atoms with E-state index in [0.717, 1.165) is 20.7 Å². The van der Waals surface area contributed by atoms with Gasteiger partial charge in [-0.05, 0) is 0 Å². The monoisotopic (exact) mass is 320 g/mol. The van der Waals surface area contributed by atoms with Crippen molar-refractivity contribution in [1.29, 1.82) is 0 Å². The zero-order valence-corrected chi connectivity index (χ0v) is 12.9. The predicted molar refractivity (Wildman–Crippen MR) is 76.1 cm³/mol. The molecular formula is C10H13N2O4PS2. The van der Waals surface area contributed by atoms with Gasteiger partial charge in [0.15, 0.2) is 0 Å². The molecule has 1 aliphatic heterocycles. The molecule has 0 saturated heterocycles. The van der Waals surface area contributed by atoms with E-state index in [-0.39, 0.29) is 0 Å². The minimum Gasteiger partial charge on any atom is -0.237 e. The van der Waals surface area contributed by atoms with E-state index in [1.807, 2.05) is 0 Å². The molecule has 1 unspecified atom stereocenters. The van der Waals surface area contributed by atoms with Crippen molar-refractivity contribution in [1.82, 2.24) is 8.15 Å². The Morgan fingerprint density at radius 3 is 2.00 bits per heavy atom. The lowest BCUT2D eigenvalue weighted by atomic mass is 10.2. The number of hydrogen-bond donors (Lipinski definition) is 0. The molecule has 2 rings (SSSR count). The van der Waals surface area contributed by atoms with Crippen LogP contribution in [-0.4, -0.2) is 37.5 Å². The minimum absolute atomic E-state index is 0.367. The van der Waals surface area contributed by atoms with Gasteiger partial charge < -0.3 is 0 Å². The van der Waals surface area contributed by atoms with E-state index in [4.69, 9.17) is 0 Å². The second-order valence-corrected chi connectivity index (χ2v) is 9.53. The minimum atomic E-state index is -3.52. The van der Waals surface area contributed by atoms with Gasteiger partial charge in [-0.25, -0.2) is 25.0 Å². The summed E-state index contributed by atoms with van der Waals surface area (Å²) in [5.74, 6) is 0. The van der Waals surface area contributed by atoms with Crippen LogP contribution in [-0.2, 0) is 20.0 Å². The SMILES string of the molecule is CS(=O)(=O)N1C=C(c2ccccc2)N(S(C)(=O)=O)P1. The van der Waals surface area contributed by atoms with E-state index in [1.54, 1.807) is 30.3 Å². The van der Waals surface area contributed by atoms with Crippen molar-refractivity contribution in [2.24, 2.45) is 0 Å². The van der Waals surface area contributed by atoms with Gasteiger partial charge in [0.2, 0.25) is 20.0 Å². The summed E-state index contributed by atoms with van der Waals surface area (Å²) in [5, 5.41) is 0. The zero-order valence-electron chi connectivity index (χ0n) is 10.3. The average molecular weight is 320 g/mol. The summed E-state index contributed by atoms with van der Waals surface area (Å²) in [7, 11) is -7.50. The Balaban J connectivity index is 2.52. The zero-order chi connectivity index (χ0) is 14.3. The largest absolute Gasteiger partial charge is 0.237 e. The molecule has 0 aliphatic carbocycles. The van der Waals surface area contributed by atoms with Crippen LogP contribution in [0, 0.1) is 0 Å². The summed E-state index contributed by atoms with van der Waals surface area (Å²) in [6.45, 7) is 0. The van der Waals surface area contributed by atoms with Gasteiger partial charge in [0, 0.05) is 11.8 Å². The van der Waals surface area contributed by atoms with Crippen LogP contribution >= 0.6 is 8.88 Å². The first kappa shape index (κ1) is 14.3. The van der Waals surface area contributed by atoms with E-state index >= 15 is 0 Å². The van der Waals surface area contributed by atoms with Gasteiger partial charge in [0.05, 0.1) is 18.2 Å². The van der Waals surface area contributed by atoms with Crippen molar-refractivity contribution in [3.63, 3.8) is 0 Å². The Hall–Kier alpha value is -1.11. The molecule has 1 aromatic rings. The van der Waals surface area contributed by atoms with Crippen molar-refractivity contribution in [2.45, 2.75) is 0 Å². The molecule has 1 aromatic carbocycles. The van der Waals surface area contributed by atoms with Crippen LogP contribution in [0.4, 0.5) is 0 Å². The molecule has 0 aromatic heterocycles. The smallest absolute Gasteiger partial charge is 0.236 e. The van der Waals surface area contributed by atoms with Crippen LogP contribution < -0.4 is 0 Å². The number of nitrogens with zero attached hydrogens (tertiary/aromatic N) is 2. The summed E-state index contributed by atoms with van der Waals surface area (Å²) >= 11 is 0. The topological polar surface area (TPSA) is 74.8 Å². The van der Waals surface area contributed by atoms with Crippen LogP contribution in [0.5, 0.6) is 0 Å². The quantitative estimate of drug-likeness (QED) is 0.780. The molecule has 0 spiro atoms. The molecule has 1 atom stereocenters. The Bertz CT molecular complexity index is 713. The first-order chi connectivity index (χ1) is 8.69. The maximum atomic E-state index is 11.8. The Labute approximate surface area is 114 Å². The lowest BCUT2D eigenvalue weighted by Crippen LogP contribution is -2.20. The molecule has 0 radical (unpaired) electrons. The van der Waals surface area contributed by atoms with Crippen LogP contribution in [0.25, 0.3) is 5.70 Å². The highest BCUT2D eigenvalue weighted by Crippen LogP contribution is 2.44. The van der Waals surface area contributed by atoms with Crippen molar-refractivity contribution < 1.29 is 16.8 Å². The second kappa shape index (κ2) is 4.77. The van der Waals surface area contributed by atoms with Crippen molar-refractivity contribution >= 4 is 34.6 Å². The number of hydrogen-bond acceptors (Lipinski definition) is 4. The second-order valence-electron chi connectivity index (χ2n) is 4.07. The molecule has 0 bridgehead atoms. The molecule has 0 saturated carbocycles. The van der Waals surface area contributed by atoms with Crippen molar-refractivity contribution in [3.8, 4) is 0 Å². The predicted octanol–water partition coefficient (Wildman–Crippen LogP) is 1.03. The summed E-state index contributed by atoms with van der Waals surface area (Å²) in [6, 6.07) is 8.81. The van der Waals surface area contributed by atoms with Crippen molar-refractivity contribution in [2.75, 3.05) is 12.5 Å². The molecular weight excluding hydrogens is 307 g/mol. The van der Waals surface area contributed by atoms with Gasteiger partial charge >= 0.3 is 0 Å². The summed E-state index contributed by atoms with van der Waals surface area (Å²) < 4.78 is 48.8. The Kier molecular flexibility index (Phi) is 3.59. The van der Waals surface area contributed by atoms with E-state index in [0.29, 0.717) is 11.3 Å². The van der Waals surface area contributed by atoms with E-state index in [1.165, 1.54) is 6.20 Å². The van der Waals surface area contributed by atoms with E-state index < -0.39 is 28.9 Å². The Morgan fingerprint density at radius 1 is 0.947 bits per heavy atom. The molecule has 1 aliphatic rings. The van der Waals surface area contributed by atoms with Gasteiger partial charge in [-0.15, -0.1) is 0 Å². The first-order valence-electron chi connectivity index (χ1n) is 5.23. The maximum absolute atomic E-state index is 11.8. The maximum Gasteiger partial charge on any atom is 0.236 e. The molecule has 1 heterocycles. The molecule has 6 nitrogen and oxygen atoms in total. The molecule has 104 valence electrons. The lowest BCUT2D eigenvalue weighted by molar-refractivity contribution is 0.576. The first-order valence-corrected chi connectivity index (χ1v) is 9.82. The highest BCUT2D eigenvalue weighted by atomic mass is 32.2. The fourth-order valence-corrected chi connectivity index (χ4v) is 4.86. The van der Waals surface area contributed by atoms with Crippen LogP contribution in [0.2, 0.25) is 0 Å². The number of sulfonamides is 2. The summed E-state index contributed by atoms with van der Waals surface area (Å²) in [4.78, 5) is 0. The van der Waals surface area contributed by atoms with E-state index in [2.05, 4.69) is 0 Å². The molecule has 9 heteroatoms. The molecule has 0 amide bonds. The third kappa shape index (κ3) is 3.08. The standard InChI is InChI=1S/C10H13N2O4PS2/c1-18(13,14)11-8-10(9-6-4-3-5-7-9)12(17-11)19(2,15)16/h3-8,17H,1-2H3. The normalized spacial score (nSPS) is 17.9. The third-order valence-corrected chi connectivity index (χ3v) is 7.31. The van der Waals surface area contributed by atoms with Gasteiger partial charge in [0.25, 0.3) is 0 Å². The fourth-order valence-electron chi connectivity index (χ4n) is 1.56. The molecule has 0 fully saturated rings. The summed E-state index contributed by atoms with van der Waals surface area (Å²) in [5.41, 5.74) is 1.03. The third-order valence-electron chi connectivity index (χ3n) is 2.41. The lowest BCUT2D eigenvalue weighted by Gasteiger charge is -2.20. The van der Waals surface area contributed by atoms with Gasteiger partial charge in [-0.2, -0.15) is 0 Å². The van der Waals surface area contributed by atoms with Gasteiger partial charge in [-0.1, -0.05) is 30.3 Å². The highest BCUT2D eigenvalue weighted by molar-refractivity contribution is 7.96. The number of benzene rings is 1. The fraction of sp³-hybridized carbons (Fsp3) is 0.200. The van der Waals surface area contributed by atoms with Crippen LogP contribution in [0.1, 0.15) is 5.56 Å². The Morgan fingerprint density at radius 2 is 1.53 bits per heavy atom.